The van der Waals surface area contributed by atoms with Gasteiger partial charge in [-0.2, -0.15) is 11.8 Å². The summed E-state index contributed by atoms with van der Waals surface area (Å²) in [7, 11) is 0. The summed E-state index contributed by atoms with van der Waals surface area (Å²) in [5.74, 6) is 3.16. The number of benzene rings is 1. The van der Waals surface area contributed by atoms with E-state index in [9.17, 15) is 4.79 Å². The predicted molar refractivity (Wildman–Crippen MR) is 92.1 cm³/mol. The van der Waals surface area contributed by atoms with E-state index in [1.807, 2.05) is 36.4 Å². The van der Waals surface area contributed by atoms with Gasteiger partial charge in [-0.25, -0.2) is 0 Å². The van der Waals surface area contributed by atoms with Gasteiger partial charge in [-0.1, -0.05) is 15.9 Å². The fourth-order valence-corrected chi connectivity index (χ4v) is 2.75. The number of furan rings is 1. The minimum absolute atomic E-state index is 0.110. The lowest BCUT2D eigenvalue weighted by Gasteiger charge is -2.14. The van der Waals surface area contributed by atoms with E-state index >= 15 is 0 Å². The van der Waals surface area contributed by atoms with Crippen LogP contribution in [0.3, 0.4) is 0 Å². The summed E-state index contributed by atoms with van der Waals surface area (Å²) in [5.41, 5.74) is 0. The SMILES string of the molecule is C[C@H](Oc1ccc(Br)cc1)C(=O)NCCSCc1ccco1. The van der Waals surface area contributed by atoms with E-state index in [4.69, 9.17) is 9.15 Å². The molecule has 0 spiro atoms. The van der Waals surface area contributed by atoms with Gasteiger partial charge >= 0.3 is 0 Å². The van der Waals surface area contributed by atoms with E-state index < -0.39 is 6.10 Å². The highest BCUT2D eigenvalue weighted by molar-refractivity contribution is 9.10. The van der Waals surface area contributed by atoms with Crippen LogP contribution in [-0.4, -0.2) is 24.3 Å². The van der Waals surface area contributed by atoms with Crippen molar-refractivity contribution in [3.8, 4) is 5.75 Å². The fraction of sp³-hybridized carbons (Fsp3) is 0.312. The van der Waals surface area contributed by atoms with Crippen LogP contribution in [0.1, 0.15) is 12.7 Å². The summed E-state index contributed by atoms with van der Waals surface area (Å²) in [6.07, 6.45) is 1.15. The zero-order valence-corrected chi connectivity index (χ0v) is 14.7. The summed E-state index contributed by atoms with van der Waals surface area (Å²) in [6.45, 7) is 2.35. The van der Waals surface area contributed by atoms with Crippen molar-refractivity contribution in [3.05, 3.63) is 52.9 Å². The van der Waals surface area contributed by atoms with Gasteiger partial charge in [-0.15, -0.1) is 0 Å². The van der Waals surface area contributed by atoms with Crippen LogP contribution in [-0.2, 0) is 10.5 Å². The Labute approximate surface area is 142 Å². The summed E-state index contributed by atoms with van der Waals surface area (Å²) >= 11 is 5.08. The number of rotatable bonds is 8. The van der Waals surface area contributed by atoms with Gasteiger partial charge in [-0.05, 0) is 43.3 Å². The molecule has 1 heterocycles. The molecule has 0 fully saturated rings. The van der Waals surface area contributed by atoms with Crippen LogP contribution in [0, 0.1) is 0 Å². The summed E-state index contributed by atoms with van der Waals surface area (Å²) in [4.78, 5) is 11.9. The molecule has 0 saturated heterocycles. The highest BCUT2D eigenvalue weighted by Gasteiger charge is 2.13. The van der Waals surface area contributed by atoms with E-state index in [0.29, 0.717) is 12.3 Å². The number of carbonyl (C=O) groups is 1. The first-order valence-electron chi connectivity index (χ1n) is 6.95. The molecule has 0 unspecified atom stereocenters. The maximum atomic E-state index is 11.9. The van der Waals surface area contributed by atoms with Gasteiger partial charge < -0.3 is 14.5 Å². The van der Waals surface area contributed by atoms with E-state index in [0.717, 1.165) is 21.7 Å². The van der Waals surface area contributed by atoms with Crippen molar-refractivity contribution in [2.24, 2.45) is 0 Å². The van der Waals surface area contributed by atoms with E-state index in [2.05, 4.69) is 21.2 Å². The highest BCUT2D eigenvalue weighted by atomic mass is 79.9. The van der Waals surface area contributed by atoms with Crippen molar-refractivity contribution in [1.29, 1.82) is 0 Å². The molecule has 1 aromatic heterocycles. The lowest BCUT2D eigenvalue weighted by Crippen LogP contribution is -2.37. The van der Waals surface area contributed by atoms with Gasteiger partial charge in [0.2, 0.25) is 0 Å². The Morgan fingerprint density at radius 3 is 2.82 bits per heavy atom. The molecule has 0 aliphatic rings. The molecule has 0 aliphatic heterocycles. The van der Waals surface area contributed by atoms with Gasteiger partial charge in [0.25, 0.3) is 5.91 Å². The second-order valence-electron chi connectivity index (χ2n) is 4.64. The number of hydrogen-bond donors (Lipinski definition) is 1. The van der Waals surface area contributed by atoms with E-state index in [1.54, 1.807) is 24.9 Å². The van der Waals surface area contributed by atoms with Crippen LogP contribution in [0.4, 0.5) is 0 Å². The first kappa shape index (κ1) is 17.0. The van der Waals surface area contributed by atoms with Crippen LogP contribution >= 0.6 is 27.7 Å². The number of hydrogen-bond acceptors (Lipinski definition) is 4. The molecular weight excluding hydrogens is 366 g/mol. The smallest absolute Gasteiger partial charge is 0.260 e. The Hall–Kier alpha value is -1.40. The Kier molecular flexibility index (Phi) is 6.86. The van der Waals surface area contributed by atoms with Crippen molar-refractivity contribution in [3.63, 3.8) is 0 Å². The van der Waals surface area contributed by atoms with Gasteiger partial charge in [-0.3, -0.25) is 4.79 Å². The van der Waals surface area contributed by atoms with Crippen LogP contribution < -0.4 is 10.1 Å². The van der Waals surface area contributed by atoms with Crippen molar-refractivity contribution < 1.29 is 13.9 Å². The van der Waals surface area contributed by atoms with Gasteiger partial charge in [0.15, 0.2) is 6.10 Å². The summed E-state index contributed by atoms with van der Waals surface area (Å²) < 4.78 is 11.8. The van der Waals surface area contributed by atoms with Crippen molar-refractivity contribution in [2.75, 3.05) is 12.3 Å². The number of thioether (sulfide) groups is 1. The molecule has 2 rings (SSSR count). The molecule has 4 nitrogen and oxygen atoms in total. The first-order valence-corrected chi connectivity index (χ1v) is 8.90. The molecule has 1 N–H and O–H groups in total. The molecule has 6 heteroatoms. The van der Waals surface area contributed by atoms with Crippen molar-refractivity contribution in [1.82, 2.24) is 5.32 Å². The zero-order chi connectivity index (χ0) is 15.8. The Balaban J connectivity index is 1.62. The molecule has 1 aromatic carbocycles. The average Bonchev–Trinajstić information content (AvgIpc) is 3.02. The van der Waals surface area contributed by atoms with Crippen LogP contribution in [0.2, 0.25) is 0 Å². The maximum absolute atomic E-state index is 11.9. The Morgan fingerprint density at radius 1 is 1.36 bits per heavy atom. The Morgan fingerprint density at radius 2 is 2.14 bits per heavy atom. The van der Waals surface area contributed by atoms with Gasteiger partial charge in [0.05, 0.1) is 12.0 Å². The molecule has 2 aromatic rings. The second-order valence-corrected chi connectivity index (χ2v) is 6.66. The van der Waals surface area contributed by atoms with Crippen molar-refractivity contribution in [2.45, 2.75) is 18.8 Å². The van der Waals surface area contributed by atoms with Crippen LogP contribution in [0.25, 0.3) is 0 Å². The number of carbonyl (C=O) groups excluding carboxylic acids is 1. The topological polar surface area (TPSA) is 51.5 Å². The minimum atomic E-state index is -0.517. The van der Waals surface area contributed by atoms with Crippen molar-refractivity contribution >= 4 is 33.6 Å². The maximum Gasteiger partial charge on any atom is 0.260 e. The zero-order valence-electron chi connectivity index (χ0n) is 12.3. The lowest BCUT2D eigenvalue weighted by molar-refractivity contribution is -0.127. The minimum Gasteiger partial charge on any atom is -0.481 e. The Bertz CT molecular complexity index is 572. The molecule has 0 radical (unpaired) electrons. The highest BCUT2D eigenvalue weighted by Crippen LogP contribution is 2.17. The lowest BCUT2D eigenvalue weighted by atomic mass is 10.3. The third-order valence-electron chi connectivity index (χ3n) is 2.87. The normalized spacial score (nSPS) is 11.9. The fourth-order valence-electron chi connectivity index (χ4n) is 1.73. The largest absolute Gasteiger partial charge is 0.481 e. The molecular formula is C16H18BrNO3S. The molecule has 22 heavy (non-hydrogen) atoms. The van der Waals surface area contributed by atoms with Crippen LogP contribution in [0.15, 0.2) is 51.6 Å². The summed E-state index contributed by atoms with van der Waals surface area (Å²) in [6, 6.07) is 11.2. The quantitative estimate of drug-likeness (QED) is 0.703. The third kappa shape index (κ3) is 5.77. The average molecular weight is 384 g/mol. The number of ether oxygens (including phenoxy) is 1. The monoisotopic (exact) mass is 383 g/mol. The standard InChI is InChI=1S/C16H18BrNO3S/c1-12(21-14-6-4-13(17)5-7-14)16(19)18-8-10-22-11-15-3-2-9-20-15/h2-7,9,12H,8,10-11H2,1H3,(H,18,19)/t12-/m0/s1. The van der Waals surface area contributed by atoms with Crippen LogP contribution in [0.5, 0.6) is 5.75 Å². The predicted octanol–water partition coefficient (Wildman–Crippen LogP) is 3.86. The molecule has 1 atom stereocenters. The van der Waals surface area contributed by atoms with Gasteiger partial charge in [0.1, 0.15) is 11.5 Å². The molecule has 0 saturated carbocycles. The molecule has 0 aliphatic carbocycles. The number of halogens is 1. The molecule has 118 valence electrons. The first-order chi connectivity index (χ1) is 10.6. The summed E-state index contributed by atoms with van der Waals surface area (Å²) in [5, 5.41) is 2.87. The van der Waals surface area contributed by atoms with E-state index in [-0.39, 0.29) is 5.91 Å². The molecule has 0 bridgehead atoms. The third-order valence-corrected chi connectivity index (χ3v) is 4.38. The second kappa shape index (κ2) is 8.90. The molecule has 1 amide bonds. The number of amides is 1. The number of nitrogens with one attached hydrogen (secondary N) is 1. The van der Waals surface area contributed by atoms with Gasteiger partial charge in [0, 0.05) is 16.8 Å². The van der Waals surface area contributed by atoms with E-state index in [1.165, 1.54) is 0 Å².